The van der Waals surface area contributed by atoms with E-state index < -0.39 is 11.9 Å². The van der Waals surface area contributed by atoms with Crippen LogP contribution in [0.2, 0.25) is 0 Å². The quantitative estimate of drug-likeness (QED) is 0.501. The molecular formula is C11H26N2O4. The summed E-state index contributed by atoms with van der Waals surface area (Å²) < 4.78 is 1.07. The molecule has 104 valence electrons. The summed E-state index contributed by atoms with van der Waals surface area (Å²) in [5.41, 5.74) is 0. The van der Waals surface area contributed by atoms with Gasteiger partial charge in [-0.3, -0.25) is 4.79 Å². The molecule has 0 saturated heterocycles. The lowest BCUT2D eigenvalue weighted by molar-refractivity contribution is -0.870. The number of rotatable bonds is 4. The van der Waals surface area contributed by atoms with Crippen LogP contribution in [0.5, 0.6) is 0 Å². The molecule has 0 atom stereocenters. The Morgan fingerprint density at radius 2 is 1.53 bits per heavy atom. The minimum Gasteiger partial charge on any atom is -0.550 e. The number of hydrogen-bond donors (Lipinski definition) is 2. The van der Waals surface area contributed by atoms with Crippen molar-refractivity contribution in [2.24, 2.45) is 0 Å². The van der Waals surface area contributed by atoms with E-state index in [0.717, 1.165) is 24.9 Å². The Morgan fingerprint density at radius 1 is 1.24 bits per heavy atom. The minimum atomic E-state index is -1.08. The van der Waals surface area contributed by atoms with E-state index in [0.29, 0.717) is 0 Å². The van der Waals surface area contributed by atoms with Crippen molar-refractivity contribution in [3.05, 3.63) is 0 Å². The van der Waals surface area contributed by atoms with Crippen molar-refractivity contribution in [3.63, 3.8) is 0 Å². The maximum absolute atomic E-state index is 9.00. The summed E-state index contributed by atoms with van der Waals surface area (Å²) in [5, 5.41) is 19.4. The molecule has 0 radical (unpaired) electrons. The Morgan fingerprint density at radius 3 is 1.71 bits per heavy atom. The normalized spacial score (nSPS) is 9.29. The Balaban J connectivity index is -0.000000205. The zero-order valence-electron chi connectivity index (χ0n) is 11.7. The van der Waals surface area contributed by atoms with Crippen LogP contribution in [0, 0.1) is 0 Å². The van der Waals surface area contributed by atoms with Gasteiger partial charge in [-0.2, -0.15) is 0 Å². The fraction of sp³-hybridized carbons (Fsp3) is 0.818. The summed E-state index contributed by atoms with van der Waals surface area (Å²) in [6.07, 6.45) is 1.26. The number of carbonyl (C=O) groups excluding carboxylic acids is 1. The van der Waals surface area contributed by atoms with E-state index >= 15 is 0 Å². The number of carboxylic acid groups (broad SMARTS) is 2. The van der Waals surface area contributed by atoms with E-state index in [1.54, 1.807) is 0 Å². The van der Waals surface area contributed by atoms with Gasteiger partial charge in [0.1, 0.15) is 0 Å². The molecular weight excluding hydrogens is 224 g/mol. The molecule has 0 fully saturated rings. The van der Waals surface area contributed by atoms with Gasteiger partial charge in [-0.1, -0.05) is 0 Å². The molecule has 0 bridgehead atoms. The highest BCUT2D eigenvalue weighted by molar-refractivity contribution is 5.63. The van der Waals surface area contributed by atoms with Crippen LogP contribution < -0.4 is 10.4 Å². The predicted octanol–water partition coefficient (Wildman–Crippen LogP) is -0.851. The van der Waals surface area contributed by atoms with Gasteiger partial charge in [0.05, 0.1) is 27.7 Å². The maximum atomic E-state index is 9.00. The summed E-state index contributed by atoms with van der Waals surface area (Å²) in [5.74, 6) is -1.92. The van der Waals surface area contributed by atoms with Crippen LogP contribution in [0.1, 0.15) is 20.3 Å². The molecule has 0 heterocycles. The Labute approximate surface area is 104 Å². The van der Waals surface area contributed by atoms with Crippen LogP contribution in [0.3, 0.4) is 0 Å². The first kappa shape index (κ1) is 21.2. The zero-order valence-corrected chi connectivity index (χ0v) is 11.7. The SMILES string of the molecule is CC(=O)O.CC(=O)[O-].CNCCC[N+](C)(C)C. The van der Waals surface area contributed by atoms with E-state index in [4.69, 9.17) is 19.8 Å². The molecule has 6 heteroatoms. The number of hydrogen-bond acceptors (Lipinski definition) is 4. The molecule has 0 aliphatic heterocycles. The lowest BCUT2D eigenvalue weighted by Crippen LogP contribution is -2.36. The van der Waals surface area contributed by atoms with Crippen molar-refractivity contribution in [2.45, 2.75) is 20.3 Å². The molecule has 0 unspecified atom stereocenters. The summed E-state index contributed by atoms with van der Waals surface area (Å²) in [4.78, 5) is 17.9. The molecule has 0 rings (SSSR count). The van der Waals surface area contributed by atoms with Gasteiger partial charge in [0.15, 0.2) is 0 Å². The van der Waals surface area contributed by atoms with Crippen molar-refractivity contribution in [1.82, 2.24) is 5.32 Å². The van der Waals surface area contributed by atoms with Crippen LogP contribution in [0.15, 0.2) is 0 Å². The average Bonchev–Trinajstić information content (AvgIpc) is 1.99. The Kier molecular flexibility index (Phi) is 16.1. The molecule has 0 amide bonds. The van der Waals surface area contributed by atoms with Gasteiger partial charge >= 0.3 is 0 Å². The second-order valence-corrected chi connectivity index (χ2v) is 4.48. The van der Waals surface area contributed by atoms with Gasteiger partial charge in [-0.25, -0.2) is 0 Å². The molecule has 0 aliphatic carbocycles. The van der Waals surface area contributed by atoms with Crippen molar-refractivity contribution < 1.29 is 24.3 Å². The zero-order chi connectivity index (χ0) is 14.5. The number of nitrogens with zero attached hydrogens (tertiary/aromatic N) is 1. The van der Waals surface area contributed by atoms with Crippen LogP contribution in [0.4, 0.5) is 0 Å². The van der Waals surface area contributed by atoms with Gasteiger partial charge in [0, 0.05) is 25.9 Å². The van der Waals surface area contributed by atoms with Crippen molar-refractivity contribution in [2.75, 3.05) is 41.3 Å². The highest BCUT2D eigenvalue weighted by atomic mass is 16.4. The van der Waals surface area contributed by atoms with Crippen LogP contribution in [0.25, 0.3) is 0 Å². The molecule has 17 heavy (non-hydrogen) atoms. The molecule has 0 spiro atoms. The summed E-state index contributed by atoms with van der Waals surface area (Å²) in [6, 6.07) is 0. The number of nitrogens with one attached hydrogen (secondary N) is 1. The predicted molar refractivity (Wildman–Crippen MR) is 65.4 cm³/mol. The van der Waals surface area contributed by atoms with Gasteiger partial charge in [-0.05, 0) is 14.0 Å². The largest absolute Gasteiger partial charge is 0.550 e. The fourth-order valence-electron chi connectivity index (χ4n) is 0.730. The molecule has 2 N–H and O–H groups in total. The summed E-state index contributed by atoms with van der Waals surface area (Å²) in [7, 11) is 8.65. The fourth-order valence-corrected chi connectivity index (χ4v) is 0.730. The van der Waals surface area contributed by atoms with Crippen LogP contribution in [-0.2, 0) is 9.59 Å². The number of carboxylic acids is 2. The van der Waals surface area contributed by atoms with Gasteiger partial charge in [-0.15, -0.1) is 0 Å². The average molecular weight is 250 g/mol. The third kappa shape index (κ3) is 104. The molecule has 0 aromatic rings. The highest BCUT2D eigenvalue weighted by Crippen LogP contribution is 1.90. The maximum Gasteiger partial charge on any atom is 0.300 e. The standard InChI is InChI=1S/C7H19N2.2C2H4O2/c1-8-6-5-7-9(2,3)4;2*1-2(3)4/h8H,5-7H2,1-4H3;2*1H3,(H,3,4)/q+1;;/p-1. The smallest absolute Gasteiger partial charge is 0.300 e. The van der Waals surface area contributed by atoms with Gasteiger partial charge in [0.25, 0.3) is 5.97 Å². The molecule has 0 aliphatic rings. The van der Waals surface area contributed by atoms with Crippen molar-refractivity contribution in [3.8, 4) is 0 Å². The monoisotopic (exact) mass is 250 g/mol. The van der Waals surface area contributed by atoms with Gasteiger partial charge < -0.3 is 24.8 Å². The molecule has 6 nitrogen and oxygen atoms in total. The lowest BCUT2D eigenvalue weighted by Gasteiger charge is -2.23. The van der Waals surface area contributed by atoms with E-state index in [1.807, 2.05) is 7.05 Å². The van der Waals surface area contributed by atoms with E-state index in [2.05, 4.69) is 26.5 Å². The topological polar surface area (TPSA) is 89.5 Å². The third-order valence-corrected chi connectivity index (χ3v) is 1.26. The van der Waals surface area contributed by atoms with Crippen molar-refractivity contribution in [1.29, 1.82) is 0 Å². The second-order valence-electron chi connectivity index (χ2n) is 4.48. The second kappa shape index (κ2) is 12.9. The first-order valence-corrected chi connectivity index (χ1v) is 5.35. The van der Waals surface area contributed by atoms with Crippen molar-refractivity contribution >= 4 is 11.9 Å². The van der Waals surface area contributed by atoms with Crippen LogP contribution >= 0.6 is 0 Å². The first-order chi connectivity index (χ1) is 7.52. The number of aliphatic carboxylic acids is 2. The molecule has 0 aromatic carbocycles. The van der Waals surface area contributed by atoms with Gasteiger partial charge in [0.2, 0.25) is 0 Å². The Bertz CT molecular complexity index is 180. The highest BCUT2D eigenvalue weighted by Gasteiger charge is 2.03. The third-order valence-electron chi connectivity index (χ3n) is 1.26. The lowest BCUT2D eigenvalue weighted by atomic mass is 10.4. The van der Waals surface area contributed by atoms with Crippen LogP contribution in [-0.4, -0.2) is 62.8 Å². The van der Waals surface area contributed by atoms with E-state index in [-0.39, 0.29) is 0 Å². The first-order valence-electron chi connectivity index (χ1n) is 5.35. The number of carbonyl (C=O) groups is 2. The Hall–Kier alpha value is -1.14. The summed E-state index contributed by atoms with van der Waals surface area (Å²) >= 11 is 0. The molecule has 0 saturated carbocycles. The van der Waals surface area contributed by atoms with E-state index in [9.17, 15) is 0 Å². The number of quaternary nitrogens is 1. The molecule has 0 aromatic heterocycles. The minimum absolute atomic E-state index is 0.833. The summed E-state index contributed by atoms with van der Waals surface area (Å²) in [6.45, 7) is 4.44. The van der Waals surface area contributed by atoms with E-state index in [1.165, 1.54) is 13.0 Å².